The first-order chi connectivity index (χ1) is 11.3. The Morgan fingerprint density at radius 1 is 0.625 bits per heavy atom. The van der Waals surface area contributed by atoms with Crippen molar-refractivity contribution in [2.45, 2.75) is 133 Å². The summed E-state index contributed by atoms with van der Waals surface area (Å²) in [6.45, 7) is 23.5. The highest BCUT2D eigenvalue weighted by atomic mass is 14.4. The van der Waals surface area contributed by atoms with Crippen molar-refractivity contribution in [3.8, 4) is 0 Å². The SMILES string of the molecule is CCC(C)(CC)CC(CC)(CC)CC.CCC(C)CC(CC)CC. The molecular weight excluding hydrogens is 288 g/mol. The Morgan fingerprint density at radius 2 is 1.04 bits per heavy atom. The third-order valence-electron chi connectivity index (χ3n) is 7.35. The van der Waals surface area contributed by atoms with Gasteiger partial charge in [-0.2, -0.15) is 0 Å². The van der Waals surface area contributed by atoms with Gasteiger partial charge in [-0.25, -0.2) is 0 Å². The molecule has 1 atom stereocenters. The van der Waals surface area contributed by atoms with Crippen LogP contribution in [-0.4, -0.2) is 0 Å². The van der Waals surface area contributed by atoms with Gasteiger partial charge in [0.2, 0.25) is 0 Å². The molecule has 0 aromatic rings. The Kier molecular flexibility index (Phi) is 15.5. The van der Waals surface area contributed by atoms with E-state index >= 15 is 0 Å². The smallest absolute Gasteiger partial charge is 0.0300 e. The predicted molar refractivity (Wildman–Crippen MR) is 115 cm³/mol. The fourth-order valence-corrected chi connectivity index (χ4v) is 3.89. The quantitative estimate of drug-likeness (QED) is 0.332. The molecule has 148 valence electrons. The molecule has 1 unspecified atom stereocenters. The predicted octanol–water partition coefficient (Wildman–Crippen LogP) is 9.28. The van der Waals surface area contributed by atoms with E-state index in [4.69, 9.17) is 0 Å². The maximum absolute atomic E-state index is 2.46. The van der Waals surface area contributed by atoms with Gasteiger partial charge in [0, 0.05) is 0 Å². The Labute approximate surface area is 156 Å². The number of hydrogen-bond donors (Lipinski definition) is 0. The zero-order chi connectivity index (χ0) is 19.2. The third kappa shape index (κ3) is 10.1. The summed E-state index contributed by atoms with van der Waals surface area (Å²) in [5.41, 5.74) is 1.18. The molecule has 0 aliphatic heterocycles. The van der Waals surface area contributed by atoms with Crippen molar-refractivity contribution in [2.24, 2.45) is 22.7 Å². The van der Waals surface area contributed by atoms with Crippen LogP contribution in [0, 0.1) is 22.7 Å². The number of rotatable bonds is 12. The molecule has 0 bridgehead atoms. The monoisotopic (exact) mass is 340 g/mol. The highest BCUT2D eigenvalue weighted by Crippen LogP contribution is 2.45. The Hall–Kier alpha value is 0. The molecule has 0 radical (unpaired) electrons. The van der Waals surface area contributed by atoms with Crippen molar-refractivity contribution < 1.29 is 0 Å². The van der Waals surface area contributed by atoms with Gasteiger partial charge in [-0.3, -0.25) is 0 Å². The van der Waals surface area contributed by atoms with E-state index in [1.807, 2.05) is 0 Å². The Balaban J connectivity index is 0. The molecule has 0 saturated carbocycles. The second kappa shape index (κ2) is 14.2. The van der Waals surface area contributed by atoms with Gasteiger partial charge in [0.05, 0.1) is 0 Å². The molecule has 0 rings (SSSR count). The minimum Gasteiger partial charge on any atom is -0.0651 e. The van der Waals surface area contributed by atoms with Crippen LogP contribution < -0.4 is 0 Å². The van der Waals surface area contributed by atoms with Crippen LogP contribution in [0.15, 0.2) is 0 Å². The van der Waals surface area contributed by atoms with Crippen LogP contribution in [0.5, 0.6) is 0 Å². The molecule has 0 aromatic carbocycles. The van der Waals surface area contributed by atoms with Gasteiger partial charge in [0.1, 0.15) is 0 Å². The highest BCUT2D eigenvalue weighted by molar-refractivity contribution is 4.84. The second-order valence-electron chi connectivity index (χ2n) is 8.69. The molecule has 0 aliphatic carbocycles. The van der Waals surface area contributed by atoms with Crippen molar-refractivity contribution >= 4 is 0 Å². The van der Waals surface area contributed by atoms with Crippen LogP contribution in [0.2, 0.25) is 0 Å². The first kappa shape index (κ1) is 26.2. The normalized spacial score (nSPS) is 13.6. The molecule has 0 heteroatoms. The van der Waals surface area contributed by atoms with Crippen LogP contribution in [0.3, 0.4) is 0 Å². The zero-order valence-corrected chi connectivity index (χ0v) is 19.2. The van der Waals surface area contributed by atoms with Crippen LogP contribution in [0.1, 0.15) is 133 Å². The lowest BCUT2D eigenvalue weighted by Gasteiger charge is -2.40. The lowest BCUT2D eigenvalue weighted by atomic mass is 9.66. The molecule has 0 heterocycles. The first-order valence-corrected chi connectivity index (χ1v) is 11.3. The highest BCUT2D eigenvalue weighted by Gasteiger charge is 2.32. The summed E-state index contributed by atoms with van der Waals surface area (Å²) in [5.74, 6) is 1.92. The molecule has 0 nitrogen and oxygen atoms in total. The van der Waals surface area contributed by atoms with Crippen molar-refractivity contribution in [2.75, 3.05) is 0 Å². The van der Waals surface area contributed by atoms with Gasteiger partial charge in [0.15, 0.2) is 0 Å². The van der Waals surface area contributed by atoms with Gasteiger partial charge in [-0.1, -0.05) is 121 Å². The van der Waals surface area contributed by atoms with Crippen molar-refractivity contribution in [1.29, 1.82) is 0 Å². The average Bonchev–Trinajstić information content (AvgIpc) is 2.64. The Bertz CT molecular complexity index is 245. The molecule has 0 aliphatic rings. The molecule has 0 saturated heterocycles. The molecule has 0 N–H and O–H groups in total. The van der Waals surface area contributed by atoms with E-state index in [0.717, 1.165) is 11.8 Å². The summed E-state index contributed by atoms with van der Waals surface area (Å²) in [7, 11) is 0. The van der Waals surface area contributed by atoms with Gasteiger partial charge in [-0.15, -0.1) is 0 Å². The summed E-state index contributed by atoms with van der Waals surface area (Å²) in [5, 5.41) is 0. The largest absolute Gasteiger partial charge is 0.0651 e. The Morgan fingerprint density at radius 3 is 1.29 bits per heavy atom. The maximum Gasteiger partial charge on any atom is -0.0300 e. The van der Waals surface area contributed by atoms with Crippen molar-refractivity contribution in [3.63, 3.8) is 0 Å². The van der Waals surface area contributed by atoms with Gasteiger partial charge >= 0.3 is 0 Å². The first-order valence-electron chi connectivity index (χ1n) is 11.3. The second-order valence-corrected chi connectivity index (χ2v) is 8.69. The van der Waals surface area contributed by atoms with E-state index in [1.165, 1.54) is 64.2 Å². The van der Waals surface area contributed by atoms with Crippen LogP contribution in [0.25, 0.3) is 0 Å². The van der Waals surface area contributed by atoms with E-state index in [2.05, 4.69) is 69.2 Å². The molecule has 24 heavy (non-hydrogen) atoms. The van der Waals surface area contributed by atoms with Gasteiger partial charge in [-0.05, 0) is 35.5 Å². The molecular formula is C24H52. The minimum absolute atomic E-state index is 0.571. The summed E-state index contributed by atoms with van der Waals surface area (Å²) in [6, 6.07) is 0. The molecule has 0 fully saturated rings. The van der Waals surface area contributed by atoms with E-state index in [-0.39, 0.29) is 0 Å². The average molecular weight is 341 g/mol. The molecule has 0 aromatic heterocycles. The maximum atomic E-state index is 2.46. The fraction of sp³-hybridized carbons (Fsp3) is 1.00. The van der Waals surface area contributed by atoms with Gasteiger partial charge in [0.25, 0.3) is 0 Å². The third-order valence-corrected chi connectivity index (χ3v) is 7.35. The standard InChI is InChI=1S/C14H30.C10H22/c1-7-13(6,8-2)12-14(9-3,10-4)11-5;1-5-9(4)8-10(6-2)7-3/h7-12H2,1-6H3;9-10H,5-8H2,1-4H3. The molecule has 0 amide bonds. The van der Waals surface area contributed by atoms with Crippen molar-refractivity contribution in [1.82, 2.24) is 0 Å². The van der Waals surface area contributed by atoms with E-state index in [9.17, 15) is 0 Å². The van der Waals surface area contributed by atoms with E-state index in [1.54, 1.807) is 0 Å². The minimum atomic E-state index is 0.571. The lowest BCUT2D eigenvalue weighted by Crippen LogP contribution is -2.28. The van der Waals surface area contributed by atoms with Crippen molar-refractivity contribution in [3.05, 3.63) is 0 Å². The summed E-state index contributed by atoms with van der Waals surface area (Å²) < 4.78 is 0. The number of hydrogen-bond acceptors (Lipinski definition) is 0. The van der Waals surface area contributed by atoms with E-state index < -0.39 is 0 Å². The summed E-state index contributed by atoms with van der Waals surface area (Å²) >= 11 is 0. The molecule has 0 spiro atoms. The van der Waals surface area contributed by atoms with Crippen LogP contribution in [0.4, 0.5) is 0 Å². The zero-order valence-electron chi connectivity index (χ0n) is 19.2. The lowest BCUT2D eigenvalue weighted by molar-refractivity contribution is 0.116. The topological polar surface area (TPSA) is 0 Å². The fourth-order valence-electron chi connectivity index (χ4n) is 3.89. The van der Waals surface area contributed by atoms with Gasteiger partial charge < -0.3 is 0 Å². The van der Waals surface area contributed by atoms with Crippen LogP contribution in [-0.2, 0) is 0 Å². The summed E-state index contributed by atoms with van der Waals surface area (Å²) in [6.07, 6.45) is 13.6. The van der Waals surface area contributed by atoms with E-state index in [0.29, 0.717) is 10.8 Å². The summed E-state index contributed by atoms with van der Waals surface area (Å²) in [4.78, 5) is 0. The van der Waals surface area contributed by atoms with Crippen LogP contribution >= 0.6 is 0 Å².